The maximum absolute atomic E-state index is 12.2. The largest absolute Gasteiger partial charge is 0.353 e. The lowest BCUT2D eigenvalue weighted by molar-refractivity contribution is 0.0940. The number of rotatable bonds is 4. The van der Waals surface area contributed by atoms with E-state index in [2.05, 4.69) is 42.9 Å². The number of hydrogen-bond donors (Lipinski definition) is 2. The summed E-state index contributed by atoms with van der Waals surface area (Å²) in [5.74, 6) is 0.854. The zero-order chi connectivity index (χ0) is 16.4. The van der Waals surface area contributed by atoms with Gasteiger partial charge in [-0.3, -0.25) is 14.9 Å². The van der Waals surface area contributed by atoms with Crippen LogP contribution in [0.1, 0.15) is 16.8 Å². The molecule has 0 bridgehead atoms. The highest BCUT2D eigenvalue weighted by molar-refractivity contribution is 7.13. The van der Waals surface area contributed by atoms with Crippen LogP contribution in [0.3, 0.4) is 0 Å². The molecule has 1 fully saturated rings. The maximum Gasteiger partial charge on any atom is 0.253 e. The van der Waals surface area contributed by atoms with Crippen molar-refractivity contribution in [1.29, 1.82) is 0 Å². The van der Waals surface area contributed by atoms with Gasteiger partial charge in [-0.15, -0.1) is 11.3 Å². The highest BCUT2D eigenvalue weighted by Gasteiger charge is 2.26. The molecule has 0 radical (unpaired) electrons. The molecule has 7 heteroatoms. The normalized spacial score (nSPS) is 17.2. The minimum Gasteiger partial charge on any atom is -0.353 e. The van der Waals surface area contributed by atoms with Gasteiger partial charge in [0, 0.05) is 37.6 Å². The van der Waals surface area contributed by atoms with Crippen molar-refractivity contribution < 1.29 is 4.79 Å². The summed E-state index contributed by atoms with van der Waals surface area (Å²) < 4.78 is 0. The number of aromatic amines is 1. The van der Waals surface area contributed by atoms with Crippen LogP contribution >= 0.6 is 11.3 Å². The molecular formula is C17H17N5OS. The number of hydrogen-bond acceptors (Lipinski definition) is 5. The Morgan fingerprint density at radius 3 is 3.12 bits per heavy atom. The fourth-order valence-corrected chi connectivity index (χ4v) is 3.58. The number of nitrogens with zero attached hydrogens (tertiary/aromatic N) is 3. The maximum atomic E-state index is 12.2. The molecule has 1 aliphatic rings. The molecular weight excluding hydrogens is 322 g/mol. The highest BCUT2D eigenvalue weighted by Crippen LogP contribution is 2.27. The van der Waals surface area contributed by atoms with Crippen LogP contribution < -0.4 is 10.2 Å². The molecule has 6 nitrogen and oxygen atoms in total. The van der Waals surface area contributed by atoms with Gasteiger partial charge in [0.05, 0.1) is 16.1 Å². The summed E-state index contributed by atoms with van der Waals surface area (Å²) in [5, 5.41) is 12.6. The molecule has 0 saturated carbocycles. The van der Waals surface area contributed by atoms with Crippen molar-refractivity contribution >= 4 is 23.1 Å². The van der Waals surface area contributed by atoms with Crippen molar-refractivity contribution in [2.75, 3.05) is 18.0 Å². The van der Waals surface area contributed by atoms with E-state index in [-0.39, 0.29) is 11.9 Å². The third kappa shape index (κ3) is 3.03. The third-order valence-corrected chi connectivity index (χ3v) is 5.03. The molecule has 4 rings (SSSR count). The molecule has 1 aliphatic heterocycles. The average Bonchev–Trinajstić information content (AvgIpc) is 3.36. The summed E-state index contributed by atoms with van der Waals surface area (Å²) in [7, 11) is 0. The predicted molar refractivity (Wildman–Crippen MR) is 94.2 cm³/mol. The Bertz CT molecular complexity index is 815. The number of H-pyrrole nitrogens is 1. The van der Waals surface area contributed by atoms with E-state index in [0.717, 1.165) is 31.0 Å². The molecule has 1 amide bonds. The monoisotopic (exact) mass is 339 g/mol. The smallest absolute Gasteiger partial charge is 0.253 e. The van der Waals surface area contributed by atoms with Crippen LogP contribution in [0.5, 0.6) is 0 Å². The fourth-order valence-electron chi connectivity index (χ4n) is 2.88. The highest BCUT2D eigenvalue weighted by atomic mass is 32.1. The molecule has 1 saturated heterocycles. The fraction of sp³-hybridized carbons (Fsp3) is 0.235. The van der Waals surface area contributed by atoms with Crippen LogP contribution in [-0.4, -0.2) is 40.2 Å². The van der Waals surface area contributed by atoms with Crippen molar-refractivity contribution in [2.45, 2.75) is 12.5 Å². The van der Waals surface area contributed by atoms with Gasteiger partial charge in [-0.2, -0.15) is 5.10 Å². The van der Waals surface area contributed by atoms with Crippen molar-refractivity contribution in [3.8, 4) is 10.6 Å². The Morgan fingerprint density at radius 1 is 1.38 bits per heavy atom. The van der Waals surface area contributed by atoms with Crippen LogP contribution in [0.15, 0.2) is 48.1 Å². The molecule has 0 spiro atoms. The summed E-state index contributed by atoms with van der Waals surface area (Å²) in [4.78, 5) is 19.6. The number of thiophene rings is 1. The van der Waals surface area contributed by atoms with Crippen molar-refractivity contribution in [3.05, 3.63) is 53.7 Å². The van der Waals surface area contributed by atoms with Gasteiger partial charge in [-0.05, 0) is 30.0 Å². The summed E-state index contributed by atoms with van der Waals surface area (Å²) in [6.07, 6.45) is 4.16. The number of nitrogens with one attached hydrogen (secondary N) is 2. The molecule has 4 heterocycles. The van der Waals surface area contributed by atoms with Crippen LogP contribution in [0.25, 0.3) is 10.6 Å². The van der Waals surface area contributed by atoms with E-state index in [0.29, 0.717) is 5.56 Å². The van der Waals surface area contributed by atoms with Crippen LogP contribution in [0.4, 0.5) is 5.82 Å². The van der Waals surface area contributed by atoms with E-state index in [1.165, 1.54) is 4.88 Å². The second-order valence-electron chi connectivity index (χ2n) is 5.76. The third-order valence-electron chi connectivity index (χ3n) is 4.12. The van der Waals surface area contributed by atoms with E-state index in [4.69, 9.17) is 0 Å². The number of pyridine rings is 1. The Morgan fingerprint density at radius 2 is 2.33 bits per heavy atom. The Hall–Kier alpha value is -2.67. The lowest BCUT2D eigenvalue weighted by Gasteiger charge is -2.16. The van der Waals surface area contributed by atoms with Gasteiger partial charge < -0.3 is 10.2 Å². The topological polar surface area (TPSA) is 73.9 Å². The second kappa shape index (κ2) is 6.45. The lowest BCUT2D eigenvalue weighted by Crippen LogP contribution is -2.37. The number of anilines is 1. The first kappa shape index (κ1) is 14.9. The molecule has 24 heavy (non-hydrogen) atoms. The predicted octanol–water partition coefficient (Wildman–Crippen LogP) is 2.54. The summed E-state index contributed by atoms with van der Waals surface area (Å²) in [6, 6.07) is 9.84. The van der Waals surface area contributed by atoms with Crippen LogP contribution in [0.2, 0.25) is 0 Å². The molecule has 1 unspecified atom stereocenters. The lowest BCUT2D eigenvalue weighted by atomic mass is 10.2. The first-order valence-electron chi connectivity index (χ1n) is 7.85. The van der Waals surface area contributed by atoms with Crippen molar-refractivity contribution in [1.82, 2.24) is 20.5 Å². The molecule has 3 aromatic rings. The first-order valence-corrected chi connectivity index (χ1v) is 8.73. The second-order valence-corrected chi connectivity index (χ2v) is 6.71. The van der Waals surface area contributed by atoms with Crippen LogP contribution in [-0.2, 0) is 0 Å². The molecule has 3 aromatic heterocycles. The SMILES string of the molecule is O=C(NC1CCN(c2cc(-c3cccs3)[nH]n2)C1)c1cccnc1. The van der Waals surface area contributed by atoms with E-state index >= 15 is 0 Å². The van der Waals surface area contributed by atoms with Crippen molar-refractivity contribution in [2.24, 2.45) is 0 Å². The first-order chi connectivity index (χ1) is 11.8. The zero-order valence-electron chi connectivity index (χ0n) is 13.0. The van der Waals surface area contributed by atoms with E-state index in [1.54, 1.807) is 35.9 Å². The standard InChI is InChI=1S/C17H17N5OS/c23-17(12-3-1-6-18-10-12)19-13-5-7-22(11-13)16-9-14(20-21-16)15-4-2-8-24-15/h1-4,6,8-10,13H,5,7,11H2,(H,19,23)(H,20,21). The molecule has 0 aromatic carbocycles. The van der Waals surface area contributed by atoms with E-state index in [1.807, 2.05) is 6.07 Å². The van der Waals surface area contributed by atoms with Gasteiger partial charge in [-0.1, -0.05) is 6.07 Å². The van der Waals surface area contributed by atoms with Gasteiger partial charge in [0.2, 0.25) is 0 Å². The minimum absolute atomic E-state index is 0.0729. The Kier molecular flexibility index (Phi) is 4.00. The minimum atomic E-state index is -0.0729. The van der Waals surface area contributed by atoms with Gasteiger partial charge in [0.15, 0.2) is 5.82 Å². The Labute approximate surface area is 143 Å². The van der Waals surface area contributed by atoms with E-state index in [9.17, 15) is 4.79 Å². The molecule has 2 N–H and O–H groups in total. The van der Waals surface area contributed by atoms with Gasteiger partial charge >= 0.3 is 0 Å². The summed E-state index contributed by atoms with van der Waals surface area (Å²) in [5.41, 5.74) is 1.62. The summed E-state index contributed by atoms with van der Waals surface area (Å²) in [6.45, 7) is 1.65. The molecule has 0 aliphatic carbocycles. The quantitative estimate of drug-likeness (QED) is 0.766. The Balaban J connectivity index is 1.39. The average molecular weight is 339 g/mol. The van der Waals surface area contributed by atoms with Gasteiger partial charge in [0.1, 0.15) is 0 Å². The number of amides is 1. The van der Waals surface area contributed by atoms with Crippen LogP contribution in [0, 0.1) is 0 Å². The van der Waals surface area contributed by atoms with Gasteiger partial charge in [0.25, 0.3) is 5.91 Å². The molecule has 122 valence electrons. The van der Waals surface area contributed by atoms with Gasteiger partial charge in [-0.25, -0.2) is 0 Å². The number of carbonyl (C=O) groups excluding carboxylic acids is 1. The molecule has 1 atom stereocenters. The number of aromatic nitrogens is 3. The van der Waals surface area contributed by atoms with Crippen molar-refractivity contribution in [3.63, 3.8) is 0 Å². The summed E-state index contributed by atoms with van der Waals surface area (Å²) >= 11 is 1.69. The number of carbonyl (C=O) groups is 1. The zero-order valence-corrected chi connectivity index (χ0v) is 13.8. The van der Waals surface area contributed by atoms with E-state index < -0.39 is 0 Å².